The number of aryl methyl sites for hydroxylation is 1. The number of nitrogens with one attached hydrogen (secondary N) is 1. The monoisotopic (exact) mass is 847 g/mol. The molecule has 19 nitrogen and oxygen atoms in total. The molecule has 0 radical (unpaired) electrons. The van der Waals surface area contributed by atoms with Gasteiger partial charge in [-0.2, -0.15) is 30.8 Å². The zero-order valence-corrected chi connectivity index (χ0v) is 33.0. The van der Waals surface area contributed by atoms with E-state index in [9.17, 15) is 13.2 Å². The molecule has 10 aromatic heterocycles. The van der Waals surface area contributed by atoms with E-state index >= 15 is 0 Å². The van der Waals surface area contributed by atoms with Gasteiger partial charge in [0.05, 0.1) is 54.4 Å². The van der Waals surface area contributed by atoms with E-state index in [0.29, 0.717) is 87.4 Å². The molecule has 0 fully saturated rings. The van der Waals surface area contributed by atoms with Crippen LogP contribution in [0.2, 0.25) is 0 Å². The average Bonchev–Trinajstić information content (AvgIpc) is 4.08. The van der Waals surface area contributed by atoms with Crippen molar-refractivity contribution in [1.82, 2.24) is 74.4 Å². The number of hydrogen-bond donors (Lipinski definition) is 3. The highest BCUT2D eigenvalue weighted by Crippen LogP contribution is 2.25. The van der Waals surface area contributed by atoms with Gasteiger partial charge in [0.2, 0.25) is 5.82 Å². The fourth-order valence-corrected chi connectivity index (χ4v) is 6.45. The maximum atomic E-state index is 13.3. The minimum Gasteiger partial charge on any atom is -0.380 e. The summed E-state index contributed by atoms with van der Waals surface area (Å²) in [6, 6.07) is 17.1. The van der Waals surface area contributed by atoms with Gasteiger partial charge < -0.3 is 11.6 Å². The Morgan fingerprint density at radius 3 is 1.65 bits per heavy atom. The van der Waals surface area contributed by atoms with Crippen LogP contribution in [0.25, 0.3) is 44.6 Å². The molecule has 63 heavy (non-hydrogen) atoms. The Bertz CT molecular complexity index is 3290. The van der Waals surface area contributed by atoms with E-state index in [-0.39, 0.29) is 11.7 Å². The molecule has 0 aliphatic rings. The lowest BCUT2D eigenvalue weighted by molar-refractivity contribution is 0.612. The molecule has 0 unspecified atom stereocenters. The lowest BCUT2D eigenvalue weighted by atomic mass is 10.2. The van der Waals surface area contributed by atoms with Crippen molar-refractivity contribution in [3.8, 4) is 17.6 Å². The van der Waals surface area contributed by atoms with E-state index in [1.54, 1.807) is 69.4 Å². The van der Waals surface area contributed by atoms with Crippen molar-refractivity contribution in [2.24, 2.45) is 16.7 Å². The fourth-order valence-electron chi connectivity index (χ4n) is 6.45. The van der Waals surface area contributed by atoms with Gasteiger partial charge in [0, 0.05) is 37.2 Å². The molecule has 0 bridgehead atoms. The van der Waals surface area contributed by atoms with Crippen LogP contribution in [0, 0.1) is 35.7 Å². The van der Waals surface area contributed by atoms with Crippen LogP contribution < -0.4 is 11.6 Å². The Morgan fingerprint density at radius 1 is 0.683 bits per heavy atom. The molecule has 10 aromatic rings. The van der Waals surface area contributed by atoms with Gasteiger partial charge in [0.15, 0.2) is 28.5 Å². The number of hydrogen-bond acceptors (Lipinski definition) is 14. The van der Waals surface area contributed by atoms with Crippen LogP contribution in [0.4, 0.5) is 13.2 Å². The number of rotatable bonds is 8. The van der Waals surface area contributed by atoms with E-state index in [0.717, 1.165) is 23.2 Å². The summed E-state index contributed by atoms with van der Waals surface area (Å²) in [6.07, 6.45) is 13.2. The number of nitrogens with zero attached hydrogens (tertiary/aromatic N) is 16. The normalized spacial score (nSPS) is 11.3. The van der Waals surface area contributed by atoms with E-state index in [1.165, 1.54) is 24.4 Å². The topological polar surface area (TPSA) is 261 Å². The third-order valence-corrected chi connectivity index (χ3v) is 9.10. The number of nitriles is 1. The third-order valence-electron chi connectivity index (χ3n) is 9.10. The van der Waals surface area contributed by atoms with Crippen molar-refractivity contribution in [3.63, 3.8) is 0 Å². The van der Waals surface area contributed by atoms with Gasteiger partial charge in [-0.15, -0.1) is 0 Å². The Morgan fingerprint density at radius 2 is 1.16 bits per heavy atom. The Balaban J connectivity index is 0.000000130. The van der Waals surface area contributed by atoms with E-state index in [1.807, 2.05) is 31.2 Å². The number of pyridine rings is 6. The molecule has 22 heteroatoms. The smallest absolute Gasteiger partial charge is 0.202 e. The molecule has 0 aromatic carbocycles. The molecule has 0 saturated heterocycles. The van der Waals surface area contributed by atoms with Crippen LogP contribution in [-0.2, 0) is 19.6 Å². The second-order valence-electron chi connectivity index (χ2n) is 13.5. The Labute approximate surface area is 353 Å². The van der Waals surface area contributed by atoms with Crippen molar-refractivity contribution in [2.45, 2.75) is 26.6 Å². The van der Waals surface area contributed by atoms with Gasteiger partial charge in [-0.3, -0.25) is 20.1 Å². The molecular weight excluding hydrogens is 816 g/mol. The number of H-pyrrole nitrogens is 1. The van der Waals surface area contributed by atoms with Crippen molar-refractivity contribution in [3.05, 3.63) is 162 Å². The molecule has 0 saturated carbocycles. The van der Waals surface area contributed by atoms with Crippen LogP contribution in [0.3, 0.4) is 0 Å². The SMILES string of the molecule is Cc1nc(-c2nn(Cc3cncc(F)c3)c3ncccc23)n[nH]1.N#Cc1nn(Cc2cncc(F)c2)c2ncccc12.N/N=C(\N)c1nn(Cc2cncc(F)c2)c2ncccc12. The molecule has 0 spiro atoms. The van der Waals surface area contributed by atoms with Crippen LogP contribution in [-0.4, -0.2) is 80.3 Å². The minimum absolute atomic E-state index is 0.115. The highest BCUT2D eigenvalue weighted by Gasteiger charge is 2.18. The molecule has 312 valence electrons. The first-order valence-corrected chi connectivity index (χ1v) is 18.7. The predicted octanol–water partition coefficient (Wildman–Crippen LogP) is 4.59. The number of amidine groups is 1. The maximum absolute atomic E-state index is 13.3. The number of aromatic amines is 1. The molecule has 0 atom stereocenters. The second-order valence-corrected chi connectivity index (χ2v) is 13.5. The lowest BCUT2D eigenvalue weighted by Crippen LogP contribution is -2.17. The molecular formula is C41H32F3N19. The van der Waals surface area contributed by atoms with E-state index < -0.39 is 11.6 Å². The van der Waals surface area contributed by atoms with Gasteiger partial charge in [-0.25, -0.2) is 47.2 Å². The summed E-state index contributed by atoms with van der Waals surface area (Å²) < 4.78 is 44.5. The van der Waals surface area contributed by atoms with Crippen LogP contribution in [0.1, 0.15) is 33.9 Å². The maximum Gasteiger partial charge on any atom is 0.202 e. The van der Waals surface area contributed by atoms with Crippen molar-refractivity contribution < 1.29 is 13.2 Å². The predicted molar refractivity (Wildman–Crippen MR) is 222 cm³/mol. The van der Waals surface area contributed by atoms with E-state index in [2.05, 4.69) is 65.5 Å². The molecule has 0 aliphatic carbocycles. The van der Waals surface area contributed by atoms with Gasteiger partial charge in [-0.1, -0.05) is 0 Å². The van der Waals surface area contributed by atoms with Gasteiger partial charge >= 0.3 is 0 Å². The number of halogens is 3. The van der Waals surface area contributed by atoms with Crippen LogP contribution in [0.15, 0.2) is 115 Å². The summed E-state index contributed by atoms with van der Waals surface area (Å²) in [7, 11) is 0. The average molecular weight is 848 g/mol. The van der Waals surface area contributed by atoms with E-state index in [4.69, 9.17) is 16.8 Å². The minimum atomic E-state index is -0.403. The molecule has 10 rings (SSSR count). The first-order chi connectivity index (χ1) is 30.7. The van der Waals surface area contributed by atoms with Gasteiger partial charge in [0.1, 0.15) is 40.7 Å². The number of fused-ring (bicyclic) bond motifs is 3. The Kier molecular flexibility index (Phi) is 11.7. The highest BCUT2D eigenvalue weighted by atomic mass is 19.1. The zero-order valence-electron chi connectivity index (χ0n) is 33.0. The number of aromatic nitrogens is 15. The summed E-state index contributed by atoms with van der Waals surface area (Å²) >= 11 is 0. The zero-order chi connectivity index (χ0) is 43.9. The fraction of sp³-hybridized carbons (Fsp3) is 0.0976. The van der Waals surface area contributed by atoms with Crippen molar-refractivity contribution in [2.75, 3.05) is 0 Å². The summed E-state index contributed by atoms with van der Waals surface area (Å²) in [5.74, 6) is 5.36. The molecule has 0 amide bonds. The van der Waals surface area contributed by atoms with Crippen molar-refractivity contribution >= 4 is 38.9 Å². The van der Waals surface area contributed by atoms with Gasteiger partial charge in [-0.05, 0) is 78.2 Å². The highest BCUT2D eigenvalue weighted by molar-refractivity contribution is 6.06. The van der Waals surface area contributed by atoms with Crippen molar-refractivity contribution in [1.29, 1.82) is 5.26 Å². The Hall–Kier alpha value is -9.00. The summed E-state index contributed by atoms with van der Waals surface area (Å²) in [4.78, 5) is 28.6. The summed E-state index contributed by atoms with van der Waals surface area (Å²) in [5.41, 5.74) is 11.1. The standard InChI is InChI=1S/C15H12FN7.C13H12FN7.C13H8FN5/c1-9-19-14(21-20-9)13-12-3-2-4-18-15(12)23(22-13)8-10-5-11(16)7-17-6-10;14-9-4-8(5-17-6-9)7-21-13-10(2-1-3-18-13)11(20-21)12(15)19-16;14-10-4-9(6-16-7-10)8-19-13-11(2-1-3-17-13)12(5-15)18-19/h2-7H,8H2,1H3,(H,19,20,21);1-6H,7,16H2,(H2,15,19);1-4,6-7H,8H2. The molecule has 0 aliphatic heterocycles. The number of nitrogens with two attached hydrogens (primary N) is 2. The summed E-state index contributed by atoms with van der Waals surface area (Å²) in [5, 5.41) is 34.8. The third kappa shape index (κ3) is 9.11. The first-order valence-electron chi connectivity index (χ1n) is 18.7. The largest absolute Gasteiger partial charge is 0.380 e. The molecule has 10 heterocycles. The number of hydrazone groups is 1. The summed E-state index contributed by atoms with van der Waals surface area (Å²) in [6.45, 7) is 2.82. The quantitative estimate of drug-likeness (QED) is 0.0818. The van der Waals surface area contributed by atoms with Gasteiger partial charge in [0.25, 0.3) is 0 Å². The van der Waals surface area contributed by atoms with Crippen LogP contribution >= 0.6 is 0 Å². The van der Waals surface area contributed by atoms with Crippen LogP contribution in [0.5, 0.6) is 0 Å². The molecule has 5 N–H and O–H groups in total. The first kappa shape index (κ1) is 40.8. The second kappa shape index (κ2) is 18.1. The lowest BCUT2D eigenvalue weighted by Gasteiger charge is -2.02.